The number of hydrogen-bond acceptors (Lipinski definition) is 2. The topological polar surface area (TPSA) is 42.2 Å². The van der Waals surface area contributed by atoms with E-state index in [4.69, 9.17) is 16.0 Å². The second-order valence-electron chi connectivity index (χ2n) is 6.91. The maximum absolute atomic E-state index is 12.9. The van der Waals surface area contributed by atoms with Crippen molar-refractivity contribution in [3.8, 4) is 0 Å². The summed E-state index contributed by atoms with van der Waals surface area (Å²) in [5, 5.41) is 7.04. The molecule has 0 spiro atoms. The molecule has 4 aromatic rings. The Bertz CT molecular complexity index is 1180. The van der Waals surface area contributed by atoms with Crippen molar-refractivity contribution in [2.24, 2.45) is 0 Å². The highest BCUT2D eigenvalue weighted by atomic mass is 35.5. The maximum atomic E-state index is 12.9. The highest BCUT2D eigenvalue weighted by molar-refractivity contribution is 6.32. The van der Waals surface area contributed by atoms with E-state index in [1.165, 1.54) is 0 Å². The molecule has 1 heterocycles. The van der Waals surface area contributed by atoms with E-state index in [0.717, 1.165) is 57.0 Å². The predicted octanol–water partition coefficient (Wildman–Crippen LogP) is 6.55. The maximum Gasteiger partial charge on any atom is 0.228 e. The van der Waals surface area contributed by atoms with Crippen LogP contribution in [0.5, 0.6) is 0 Å². The highest BCUT2D eigenvalue weighted by Crippen LogP contribution is 2.32. The number of anilines is 1. The number of benzene rings is 3. The molecule has 1 aromatic heterocycles. The molecule has 3 nitrogen and oxygen atoms in total. The van der Waals surface area contributed by atoms with Gasteiger partial charge in [0.05, 0.1) is 12.7 Å². The predicted molar refractivity (Wildman–Crippen MR) is 116 cm³/mol. The zero-order valence-electron chi connectivity index (χ0n) is 16.0. The third kappa shape index (κ3) is 3.27. The van der Waals surface area contributed by atoms with Crippen LogP contribution in [0.15, 0.2) is 59.2 Å². The number of amides is 1. The van der Waals surface area contributed by atoms with E-state index in [9.17, 15) is 4.79 Å². The van der Waals surface area contributed by atoms with Crippen LogP contribution in [0, 0.1) is 0 Å². The first-order valence-electron chi connectivity index (χ1n) is 9.60. The van der Waals surface area contributed by atoms with E-state index in [1.807, 2.05) is 43.3 Å². The number of rotatable bonds is 5. The van der Waals surface area contributed by atoms with Gasteiger partial charge in [-0.05, 0) is 46.9 Å². The number of fused-ring (bicyclic) bond motifs is 3. The van der Waals surface area contributed by atoms with Gasteiger partial charge in [-0.1, -0.05) is 61.8 Å². The minimum atomic E-state index is -0.0673. The van der Waals surface area contributed by atoms with Crippen LogP contribution in [-0.4, -0.2) is 5.91 Å². The van der Waals surface area contributed by atoms with Crippen molar-refractivity contribution in [3.63, 3.8) is 0 Å². The van der Waals surface area contributed by atoms with Gasteiger partial charge >= 0.3 is 0 Å². The molecule has 0 aliphatic carbocycles. The summed E-state index contributed by atoms with van der Waals surface area (Å²) in [5.74, 6) is -0.0673. The van der Waals surface area contributed by atoms with Gasteiger partial charge in [-0.3, -0.25) is 4.79 Å². The van der Waals surface area contributed by atoms with Crippen molar-refractivity contribution in [2.45, 2.75) is 33.1 Å². The summed E-state index contributed by atoms with van der Waals surface area (Å²) >= 11 is 6.36. The third-order valence-corrected chi connectivity index (χ3v) is 5.59. The highest BCUT2D eigenvalue weighted by Gasteiger charge is 2.16. The molecule has 0 unspecified atom stereocenters. The van der Waals surface area contributed by atoms with E-state index in [0.29, 0.717) is 5.02 Å². The molecule has 0 fully saturated rings. The zero-order chi connectivity index (χ0) is 19.7. The third-order valence-electron chi connectivity index (χ3n) is 5.23. The van der Waals surface area contributed by atoms with Crippen molar-refractivity contribution in [2.75, 3.05) is 5.32 Å². The van der Waals surface area contributed by atoms with Gasteiger partial charge in [0.2, 0.25) is 5.91 Å². The molecule has 0 aliphatic rings. The van der Waals surface area contributed by atoms with E-state index in [-0.39, 0.29) is 12.3 Å². The number of furan rings is 1. The first-order chi connectivity index (χ1) is 13.6. The van der Waals surface area contributed by atoms with Crippen LogP contribution in [0.1, 0.15) is 30.5 Å². The van der Waals surface area contributed by atoms with Gasteiger partial charge in [0.25, 0.3) is 0 Å². The Morgan fingerprint density at radius 2 is 1.82 bits per heavy atom. The number of carbonyl (C=O) groups is 1. The van der Waals surface area contributed by atoms with Gasteiger partial charge in [0.15, 0.2) is 0 Å². The zero-order valence-corrected chi connectivity index (χ0v) is 16.8. The van der Waals surface area contributed by atoms with Crippen LogP contribution in [0.25, 0.3) is 21.7 Å². The van der Waals surface area contributed by atoms with E-state index in [2.05, 4.69) is 24.4 Å². The molecule has 3 aromatic carbocycles. The molecule has 0 bridgehead atoms. The van der Waals surface area contributed by atoms with Gasteiger partial charge < -0.3 is 9.73 Å². The Kier molecular flexibility index (Phi) is 5.10. The number of nitrogens with one attached hydrogen (secondary N) is 1. The number of aryl methyl sites for hydroxylation is 1. The average molecular weight is 392 g/mol. The summed E-state index contributed by atoms with van der Waals surface area (Å²) in [7, 11) is 0. The minimum absolute atomic E-state index is 0.0673. The van der Waals surface area contributed by atoms with Gasteiger partial charge in [-0.25, -0.2) is 0 Å². The summed E-state index contributed by atoms with van der Waals surface area (Å²) in [4.78, 5) is 12.9. The van der Waals surface area contributed by atoms with E-state index >= 15 is 0 Å². The monoisotopic (exact) mass is 391 g/mol. The fourth-order valence-electron chi connectivity index (χ4n) is 3.83. The van der Waals surface area contributed by atoms with Crippen molar-refractivity contribution < 1.29 is 9.21 Å². The molecule has 4 heteroatoms. The molecule has 0 aliphatic heterocycles. The van der Waals surface area contributed by atoms with Crippen LogP contribution in [0.4, 0.5) is 5.69 Å². The smallest absolute Gasteiger partial charge is 0.228 e. The summed E-state index contributed by atoms with van der Waals surface area (Å²) in [6.45, 7) is 4.13. The van der Waals surface area contributed by atoms with Gasteiger partial charge in [0, 0.05) is 21.7 Å². The second-order valence-corrected chi connectivity index (χ2v) is 7.32. The summed E-state index contributed by atoms with van der Waals surface area (Å²) in [6.07, 6.45) is 3.54. The molecule has 142 valence electrons. The molecule has 28 heavy (non-hydrogen) atoms. The van der Waals surface area contributed by atoms with Crippen molar-refractivity contribution in [1.29, 1.82) is 0 Å². The van der Waals surface area contributed by atoms with Crippen LogP contribution in [-0.2, 0) is 24.1 Å². The summed E-state index contributed by atoms with van der Waals surface area (Å²) < 4.78 is 5.72. The van der Waals surface area contributed by atoms with Crippen LogP contribution in [0.2, 0.25) is 5.02 Å². The average Bonchev–Trinajstić information content (AvgIpc) is 3.11. The van der Waals surface area contributed by atoms with Crippen LogP contribution >= 0.6 is 11.6 Å². The van der Waals surface area contributed by atoms with E-state index in [1.54, 1.807) is 6.26 Å². The fraction of sp³-hybridized carbons (Fsp3) is 0.208. The van der Waals surface area contributed by atoms with Crippen molar-refractivity contribution >= 4 is 44.9 Å². The van der Waals surface area contributed by atoms with Crippen LogP contribution in [0.3, 0.4) is 0 Å². The molecule has 0 saturated heterocycles. The van der Waals surface area contributed by atoms with E-state index < -0.39 is 0 Å². The summed E-state index contributed by atoms with van der Waals surface area (Å²) in [6, 6.07) is 16.0. The molecular formula is C24H22ClNO2. The quantitative estimate of drug-likeness (QED) is 0.419. The number of carbonyl (C=O) groups excluding carboxylic acids is 1. The molecule has 1 amide bonds. The molecule has 0 saturated carbocycles. The lowest BCUT2D eigenvalue weighted by Gasteiger charge is -2.16. The normalized spacial score (nSPS) is 11.2. The largest absolute Gasteiger partial charge is 0.464 e. The Labute approximate surface area is 169 Å². The lowest BCUT2D eigenvalue weighted by atomic mass is 10.0. The molecular weight excluding hydrogens is 370 g/mol. The second kappa shape index (κ2) is 7.69. The molecule has 4 rings (SSSR count). The number of halogens is 1. The molecule has 0 atom stereocenters. The van der Waals surface area contributed by atoms with Crippen LogP contribution < -0.4 is 5.32 Å². The molecule has 0 radical (unpaired) electrons. The Morgan fingerprint density at radius 1 is 1.00 bits per heavy atom. The molecule has 1 N–H and O–H groups in total. The SMILES string of the molecule is CCc1ccc(Cl)c(CC)c1NC(=O)Cc1coc2ccc3ccccc3c12. The van der Waals surface area contributed by atoms with Crippen molar-refractivity contribution in [1.82, 2.24) is 0 Å². The van der Waals surface area contributed by atoms with Gasteiger partial charge in [-0.2, -0.15) is 0 Å². The lowest BCUT2D eigenvalue weighted by Crippen LogP contribution is -2.17. The first kappa shape index (κ1) is 18.6. The lowest BCUT2D eigenvalue weighted by molar-refractivity contribution is -0.115. The minimum Gasteiger partial charge on any atom is -0.464 e. The van der Waals surface area contributed by atoms with Gasteiger partial charge in [0.1, 0.15) is 5.58 Å². The summed E-state index contributed by atoms with van der Waals surface area (Å²) in [5.41, 5.74) is 4.62. The Morgan fingerprint density at radius 3 is 2.61 bits per heavy atom. The Hall–Kier alpha value is -2.78. The first-order valence-corrected chi connectivity index (χ1v) is 9.98. The number of hydrogen-bond donors (Lipinski definition) is 1. The fourth-order valence-corrected chi connectivity index (χ4v) is 4.12. The Balaban J connectivity index is 1.69. The van der Waals surface area contributed by atoms with Crippen molar-refractivity contribution in [3.05, 3.63) is 76.5 Å². The van der Waals surface area contributed by atoms with Gasteiger partial charge in [-0.15, -0.1) is 0 Å². The standard InChI is InChI=1S/C24H22ClNO2/c1-3-15-9-11-20(25)18(4-2)24(15)26-22(27)13-17-14-28-21-12-10-16-7-5-6-8-19(16)23(17)21/h5-12,14H,3-4,13H2,1-2H3,(H,26,27).